The summed E-state index contributed by atoms with van der Waals surface area (Å²) in [6.07, 6.45) is -2.82. The molecule has 0 amide bonds. The molecule has 2 heterocycles. The zero-order chi connectivity index (χ0) is 17.2. The van der Waals surface area contributed by atoms with Crippen molar-refractivity contribution in [1.82, 2.24) is 10.2 Å². The first-order chi connectivity index (χ1) is 11.5. The summed E-state index contributed by atoms with van der Waals surface area (Å²) in [6, 6.07) is 7.91. The topological polar surface area (TPSA) is 50.3 Å². The van der Waals surface area contributed by atoms with Crippen molar-refractivity contribution in [3.05, 3.63) is 29.3 Å². The third-order valence-corrected chi connectivity index (χ3v) is 4.92. The maximum atomic E-state index is 12.6. The van der Waals surface area contributed by atoms with Crippen molar-refractivity contribution >= 4 is 22.2 Å². The minimum absolute atomic E-state index is 0.243. The van der Waals surface area contributed by atoms with Crippen LogP contribution >= 0.6 is 11.3 Å². The molecule has 0 unspecified atom stereocenters. The van der Waals surface area contributed by atoms with Gasteiger partial charge in [-0.05, 0) is 25.0 Å². The van der Waals surface area contributed by atoms with E-state index < -0.39 is 11.2 Å². The zero-order valence-electron chi connectivity index (χ0n) is 13.0. The van der Waals surface area contributed by atoms with Crippen molar-refractivity contribution < 1.29 is 17.9 Å². The van der Waals surface area contributed by atoms with E-state index in [0.717, 1.165) is 24.3 Å². The molecule has 3 rings (SSSR count). The van der Waals surface area contributed by atoms with Crippen LogP contribution in [-0.2, 0) is 6.18 Å². The lowest BCUT2D eigenvalue weighted by Crippen LogP contribution is -2.39. The fourth-order valence-electron chi connectivity index (χ4n) is 2.66. The number of piperidine rings is 1. The van der Waals surface area contributed by atoms with Crippen LogP contribution in [0.4, 0.5) is 24.0 Å². The maximum Gasteiger partial charge on any atom is 0.445 e. The summed E-state index contributed by atoms with van der Waals surface area (Å²) in [6.45, 7) is 1.28. The van der Waals surface area contributed by atoms with E-state index >= 15 is 0 Å². The van der Waals surface area contributed by atoms with Gasteiger partial charge in [-0.3, -0.25) is 0 Å². The molecule has 0 spiro atoms. The highest BCUT2D eigenvalue weighted by molar-refractivity contribution is 7.15. The summed E-state index contributed by atoms with van der Waals surface area (Å²) >= 11 is 0.596. The van der Waals surface area contributed by atoms with Crippen LogP contribution in [0.1, 0.15) is 17.8 Å². The standard InChI is InChI=1S/C15H17F3N4OS/c1-23-12-5-3-2-4-11(12)19-10-6-8-22(9-7-10)14-21-20-13(24-14)15(16,17)18/h2-5,10,19H,6-9H2,1H3. The fraction of sp³-hybridized carbons (Fsp3) is 0.467. The predicted octanol–water partition coefficient (Wildman–Crippen LogP) is 3.65. The summed E-state index contributed by atoms with van der Waals surface area (Å²) < 4.78 is 43.2. The van der Waals surface area contributed by atoms with Gasteiger partial charge in [-0.1, -0.05) is 23.5 Å². The second kappa shape index (κ2) is 6.84. The fourth-order valence-corrected chi connectivity index (χ4v) is 3.42. The number of para-hydroxylation sites is 2. The second-order valence-corrected chi connectivity index (χ2v) is 6.45. The van der Waals surface area contributed by atoms with Crippen molar-refractivity contribution in [2.24, 2.45) is 0 Å². The van der Waals surface area contributed by atoms with Gasteiger partial charge in [0, 0.05) is 19.1 Å². The predicted molar refractivity (Wildman–Crippen MR) is 86.8 cm³/mol. The van der Waals surface area contributed by atoms with Gasteiger partial charge in [0.2, 0.25) is 10.1 Å². The van der Waals surface area contributed by atoms with Gasteiger partial charge in [0.1, 0.15) is 5.75 Å². The first kappa shape index (κ1) is 16.8. The Morgan fingerprint density at radius 3 is 2.54 bits per heavy atom. The van der Waals surface area contributed by atoms with E-state index in [1.807, 2.05) is 29.2 Å². The average Bonchev–Trinajstić information content (AvgIpc) is 3.06. The number of methoxy groups -OCH3 is 1. The number of anilines is 2. The number of hydrogen-bond acceptors (Lipinski definition) is 6. The Balaban J connectivity index is 1.59. The highest BCUT2D eigenvalue weighted by atomic mass is 32.1. The van der Waals surface area contributed by atoms with Gasteiger partial charge >= 0.3 is 6.18 Å². The molecule has 2 aromatic rings. The Morgan fingerprint density at radius 1 is 1.21 bits per heavy atom. The minimum atomic E-state index is -4.43. The number of ether oxygens (including phenoxy) is 1. The number of alkyl halides is 3. The van der Waals surface area contributed by atoms with E-state index in [4.69, 9.17) is 4.74 Å². The van der Waals surface area contributed by atoms with Crippen LogP contribution < -0.4 is 15.0 Å². The highest BCUT2D eigenvalue weighted by Crippen LogP contribution is 2.35. The normalized spacial score (nSPS) is 16.2. The van der Waals surface area contributed by atoms with E-state index in [0.29, 0.717) is 29.6 Å². The minimum Gasteiger partial charge on any atom is -0.495 e. The molecule has 5 nitrogen and oxygen atoms in total. The first-order valence-corrected chi connectivity index (χ1v) is 8.34. The highest BCUT2D eigenvalue weighted by Gasteiger charge is 2.36. The molecule has 1 N–H and O–H groups in total. The Labute approximate surface area is 141 Å². The molecule has 0 aliphatic carbocycles. The summed E-state index contributed by atoms with van der Waals surface area (Å²) in [4.78, 5) is 1.85. The number of nitrogens with zero attached hydrogens (tertiary/aromatic N) is 3. The molecule has 1 fully saturated rings. The van der Waals surface area contributed by atoms with Crippen molar-refractivity contribution in [3.8, 4) is 5.75 Å². The molecule has 1 aromatic heterocycles. The van der Waals surface area contributed by atoms with Gasteiger partial charge < -0.3 is 15.0 Å². The van der Waals surface area contributed by atoms with E-state index in [1.165, 1.54) is 0 Å². The van der Waals surface area contributed by atoms with Crippen LogP contribution in [0, 0.1) is 0 Å². The molecule has 24 heavy (non-hydrogen) atoms. The van der Waals surface area contributed by atoms with E-state index in [1.54, 1.807) is 7.11 Å². The van der Waals surface area contributed by atoms with E-state index in [9.17, 15) is 13.2 Å². The van der Waals surface area contributed by atoms with Gasteiger partial charge in [-0.15, -0.1) is 10.2 Å². The van der Waals surface area contributed by atoms with Gasteiger partial charge in [-0.2, -0.15) is 13.2 Å². The molecule has 1 aliphatic rings. The molecule has 9 heteroatoms. The maximum absolute atomic E-state index is 12.6. The molecule has 1 aliphatic heterocycles. The van der Waals surface area contributed by atoms with Crippen molar-refractivity contribution in [2.45, 2.75) is 25.1 Å². The first-order valence-electron chi connectivity index (χ1n) is 7.52. The lowest BCUT2D eigenvalue weighted by molar-refractivity contribution is -0.138. The summed E-state index contributed by atoms with van der Waals surface area (Å²) in [5, 5.41) is 9.79. The van der Waals surface area contributed by atoms with Gasteiger partial charge in [0.05, 0.1) is 12.8 Å². The van der Waals surface area contributed by atoms with Crippen LogP contribution in [0.25, 0.3) is 0 Å². The van der Waals surface area contributed by atoms with Gasteiger partial charge in [0.25, 0.3) is 0 Å². The number of nitrogens with one attached hydrogen (secondary N) is 1. The third-order valence-electron chi connectivity index (χ3n) is 3.89. The van der Waals surface area contributed by atoms with Crippen LogP contribution in [-0.4, -0.2) is 36.4 Å². The summed E-state index contributed by atoms with van der Waals surface area (Å²) in [5.74, 6) is 0.777. The average molecular weight is 358 g/mol. The number of hydrogen-bond donors (Lipinski definition) is 1. The molecule has 0 saturated carbocycles. The monoisotopic (exact) mass is 358 g/mol. The molecular weight excluding hydrogens is 341 g/mol. The molecule has 1 aromatic carbocycles. The number of halogens is 3. The Bertz CT molecular complexity index is 683. The van der Waals surface area contributed by atoms with Crippen molar-refractivity contribution in [2.75, 3.05) is 30.4 Å². The number of rotatable bonds is 4. The lowest BCUT2D eigenvalue weighted by atomic mass is 10.0. The SMILES string of the molecule is COc1ccccc1NC1CCN(c2nnc(C(F)(F)F)s2)CC1. The molecule has 0 bridgehead atoms. The molecular formula is C15H17F3N4OS. The van der Waals surface area contributed by atoms with Crippen molar-refractivity contribution in [1.29, 1.82) is 0 Å². The largest absolute Gasteiger partial charge is 0.495 e. The Hall–Kier alpha value is -2.03. The smallest absolute Gasteiger partial charge is 0.445 e. The second-order valence-electron chi connectivity index (χ2n) is 5.49. The molecule has 0 radical (unpaired) electrons. The van der Waals surface area contributed by atoms with E-state index in [-0.39, 0.29) is 6.04 Å². The number of aromatic nitrogens is 2. The van der Waals surface area contributed by atoms with Gasteiger partial charge in [0.15, 0.2) is 0 Å². The third kappa shape index (κ3) is 3.72. The lowest BCUT2D eigenvalue weighted by Gasteiger charge is -2.32. The Kier molecular flexibility index (Phi) is 4.79. The quantitative estimate of drug-likeness (QED) is 0.904. The van der Waals surface area contributed by atoms with Gasteiger partial charge in [-0.25, -0.2) is 0 Å². The van der Waals surface area contributed by atoms with Crippen LogP contribution in [0.2, 0.25) is 0 Å². The van der Waals surface area contributed by atoms with Crippen LogP contribution in [0.15, 0.2) is 24.3 Å². The van der Waals surface area contributed by atoms with E-state index in [2.05, 4.69) is 15.5 Å². The van der Waals surface area contributed by atoms with Crippen molar-refractivity contribution in [3.63, 3.8) is 0 Å². The number of benzene rings is 1. The molecule has 130 valence electrons. The zero-order valence-corrected chi connectivity index (χ0v) is 13.8. The Morgan fingerprint density at radius 2 is 1.92 bits per heavy atom. The van der Waals surface area contributed by atoms with Crippen LogP contribution in [0.3, 0.4) is 0 Å². The summed E-state index contributed by atoms with van der Waals surface area (Å²) in [7, 11) is 1.62. The molecule has 0 atom stereocenters. The molecule has 1 saturated heterocycles. The van der Waals surface area contributed by atoms with Crippen LogP contribution in [0.5, 0.6) is 5.75 Å². The summed E-state index contributed by atoms with van der Waals surface area (Å²) in [5.41, 5.74) is 0.925.